The van der Waals surface area contributed by atoms with Crippen molar-refractivity contribution < 1.29 is 5.11 Å². The van der Waals surface area contributed by atoms with Gasteiger partial charge in [-0.05, 0) is 49.3 Å². The highest BCUT2D eigenvalue weighted by atomic mass is 35.5. The van der Waals surface area contributed by atoms with Crippen LogP contribution in [0.2, 0.25) is 5.02 Å². The molecule has 1 aliphatic carbocycles. The summed E-state index contributed by atoms with van der Waals surface area (Å²) in [6.07, 6.45) is 2.85. The lowest BCUT2D eigenvalue weighted by atomic mass is 9.80. The minimum absolute atomic E-state index is 0.120. The standard InChI is InChI=1S/C15H17ClN2O/c16-15-6-13(3-1-10(15)7-17)18-8-11-2-4-14(19)5-12(11)9-18/h1,3,6,11-12,14,19H,2,4-5,8-9H2. The Bertz CT molecular complexity index is 525. The molecule has 100 valence electrons. The number of nitrogens with zero attached hydrogens (tertiary/aromatic N) is 2. The van der Waals surface area contributed by atoms with Gasteiger partial charge in [0.15, 0.2) is 0 Å². The average molecular weight is 277 g/mol. The van der Waals surface area contributed by atoms with Crippen molar-refractivity contribution >= 4 is 17.3 Å². The molecule has 3 nitrogen and oxygen atoms in total. The number of aliphatic hydroxyl groups excluding tert-OH is 1. The minimum Gasteiger partial charge on any atom is -0.393 e. The fraction of sp³-hybridized carbons (Fsp3) is 0.533. The summed E-state index contributed by atoms with van der Waals surface area (Å²) in [5.74, 6) is 1.29. The number of hydrogen-bond acceptors (Lipinski definition) is 3. The summed E-state index contributed by atoms with van der Waals surface area (Å²) >= 11 is 6.09. The zero-order valence-corrected chi connectivity index (χ0v) is 11.5. The lowest BCUT2D eigenvalue weighted by Crippen LogP contribution is -2.26. The Morgan fingerprint density at radius 2 is 2.05 bits per heavy atom. The summed E-state index contributed by atoms with van der Waals surface area (Å²) in [7, 11) is 0. The van der Waals surface area contributed by atoms with Gasteiger partial charge in [0.25, 0.3) is 0 Å². The molecule has 1 N–H and O–H groups in total. The van der Waals surface area contributed by atoms with Crippen molar-refractivity contribution in [3.05, 3.63) is 28.8 Å². The highest BCUT2D eigenvalue weighted by Gasteiger charge is 2.37. The predicted molar refractivity (Wildman–Crippen MR) is 75.2 cm³/mol. The Balaban J connectivity index is 1.78. The van der Waals surface area contributed by atoms with Crippen LogP contribution in [0.1, 0.15) is 24.8 Å². The number of rotatable bonds is 1. The van der Waals surface area contributed by atoms with E-state index in [9.17, 15) is 5.11 Å². The topological polar surface area (TPSA) is 47.3 Å². The second kappa shape index (κ2) is 5.03. The van der Waals surface area contributed by atoms with E-state index in [-0.39, 0.29) is 6.10 Å². The van der Waals surface area contributed by atoms with Crippen LogP contribution in [0.4, 0.5) is 5.69 Å². The van der Waals surface area contributed by atoms with Crippen molar-refractivity contribution in [2.24, 2.45) is 11.8 Å². The van der Waals surface area contributed by atoms with E-state index >= 15 is 0 Å². The van der Waals surface area contributed by atoms with E-state index in [2.05, 4.69) is 11.0 Å². The zero-order chi connectivity index (χ0) is 13.4. The molecule has 3 atom stereocenters. The van der Waals surface area contributed by atoms with Gasteiger partial charge in [0.2, 0.25) is 0 Å². The van der Waals surface area contributed by atoms with Gasteiger partial charge in [-0.1, -0.05) is 11.6 Å². The van der Waals surface area contributed by atoms with Gasteiger partial charge < -0.3 is 10.0 Å². The molecule has 3 rings (SSSR count). The first-order chi connectivity index (χ1) is 9.17. The molecule has 1 saturated heterocycles. The first kappa shape index (κ1) is 12.8. The minimum atomic E-state index is -0.120. The third kappa shape index (κ3) is 2.43. The summed E-state index contributed by atoms with van der Waals surface area (Å²) in [6, 6.07) is 7.72. The van der Waals surface area contributed by atoms with Gasteiger partial charge >= 0.3 is 0 Å². The lowest BCUT2D eigenvalue weighted by Gasteiger charge is -2.27. The first-order valence-corrected chi connectivity index (χ1v) is 7.18. The Hall–Kier alpha value is -1.24. The zero-order valence-electron chi connectivity index (χ0n) is 10.7. The second-order valence-electron chi connectivity index (χ2n) is 5.67. The van der Waals surface area contributed by atoms with Crippen LogP contribution >= 0.6 is 11.6 Å². The molecular weight excluding hydrogens is 260 g/mol. The highest BCUT2D eigenvalue weighted by molar-refractivity contribution is 6.32. The Morgan fingerprint density at radius 1 is 1.26 bits per heavy atom. The van der Waals surface area contributed by atoms with Crippen LogP contribution in [0.25, 0.3) is 0 Å². The molecule has 0 spiro atoms. The monoisotopic (exact) mass is 276 g/mol. The smallest absolute Gasteiger partial charge is 0.101 e. The van der Waals surface area contributed by atoms with Gasteiger partial charge in [-0.25, -0.2) is 0 Å². The molecular formula is C15H17ClN2O. The van der Waals surface area contributed by atoms with Crippen LogP contribution in [0.5, 0.6) is 0 Å². The van der Waals surface area contributed by atoms with Crippen LogP contribution in [-0.2, 0) is 0 Å². The fourth-order valence-corrected chi connectivity index (χ4v) is 3.63. The SMILES string of the molecule is N#Cc1ccc(N2CC3CCC(O)CC3C2)cc1Cl. The van der Waals surface area contributed by atoms with Crippen molar-refractivity contribution in [1.82, 2.24) is 0 Å². The number of hydrogen-bond donors (Lipinski definition) is 1. The van der Waals surface area contributed by atoms with Crippen LogP contribution in [0.15, 0.2) is 18.2 Å². The molecule has 1 aromatic carbocycles. The van der Waals surface area contributed by atoms with Crippen LogP contribution in [0, 0.1) is 23.2 Å². The Morgan fingerprint density at radius 3 is 2.79 bits per heavy atom. The summed E-state index contributed by atoms with van der Waals surface area (Å²) in [4.78, 5) is 2.33. The van der Waals surface area contributed by atoms with Crippen molar-refractivity contribution in [2.75, 3.05) is 18.0 Å². The van der Waals surface area contributed by atoms with Gasteiger partial charge in [-0.15, -0.1) is 0 Å². The van der Waals surface area contributed by atoms with E-state index in [0.29, 0.717) is 22.4 Å². The van der Waals surface area contributed by atoms with E-state index in [0.717, 1.165) is 38.0 Å². The molecule has 4 heteroatoms. The maximum Gasteiger partial charge on any atom is 0.101 e. The molecule has 1 heterocycles. The highest BCUT2D eigenvalue weighted by Crippen LogP contribution is 2.38. The molecule has 2 aliphatic rings. The fourth-order valence-electron chi connectivity index (χ4n) is 3.41. The maximum atomic E-state index is 9.75. The van der Waals surface area contributed by atoms with Gasteiger partial charge in [0.1, 0.15) is 6.07 Å². The molecule has 0 radical (unpaired) electrons. The van der Waals surface area contributed by atoms with Crippen LogP contribution in [-0.4, -0.2) is 24.3 Å². The average Bonchev–Trinajstić information content (AvgIpc) is 2.81. The normalized spacial score (nSPS) is 29.9. The number of fused-ring (bicyclic) bond motifs is 1. The lowest BCUT2D eigenvalue weighted by molar-refractivity contribution is 0.0867. The van der Waals surface area contributed by atoms with E-state index in [1.807, 2.05) is 12.1 Å². The van der Waals surface area contributed by atoms with E-state index in [4.69, 9.17) is 16.9 Å². The Kier molecular flexibility index (Phi) is 3.38. The van der Waals surface area contributed by atoms with Gasteiger partial charge in [-0.2, -0.15) is 5.26 Å². The van der Waals surface area contributed by atoms with Crippen molar-refractivity contribution in [1.29, 1.82) is 5.26 Å². The summed E-state index contributed by atoms with van der Waals surface area (Å²) in [5, 5.41) is 19.2. The molecule has 1 aromatic rings. The third-order valence-electron chi connectivity index (χ3n) is 4.46. The molecule has 3 unspecified atom stereocenters. The summed E-state index contributed by atoms with van der Waals surface area (Å²) < 4.78 is 0. The van der Waals surface area contributed by atoms with Gasteiger partial charge in [0, 0.05) is 18.8 Å². The number of anilines is 1. The quantitative estimate of drug-likeness (QED) is 0.858. The van der Waals surface area contributed by atoms with Gasteiger partial charge in [0.05, 0.1) is 16.7 Å². The molecule has 0 aromatic heterocycles. The number of nitriles is 1. The second-order valence-corrected chi connectivity index (χ2v) is 6.08. The molecule has 0 amide bonds. The van der Waals surface area contributed by atoms with Crippen molar-refractivity contribution in [3.8, 4) is 6.07 Å². The number of halogens is 1. The number of aliphatic hydroxyl groups is 1. The molecule has 19 heavy (non-hydrogen) atoms. The van der Waals surface area contributed by atoms with Crippen LogP contribution in [0.3, 0.4) is 0 Å². The van der Waals surface area contributed by atoms with Crippen molar-refractivity contribution in [2.45, 2.75) is 25.4 Å². The number of benzene rings is 1. The first-order valence-electron chi connectivity index (χ1n) is 6.80. The summed E-state index contributed by atoms with van der Waals surface area (Å²) in [5.41, 5.74) is 1.62. The molecule has 1 aliphatic heterocycles. The van der Waals surface area contributed by atoms with E-state index < -0.39 is 0 Å². The maximum absolute atomic E-state index is 9.75. The van der Waals surface area contributed by atoms with Crippen molar-refractivity contribution in [3.63, 3.8) is 0 Å². The molecule has 1 saturated carbocycles. The van der Waals surface area contributed by atoms with E-state index in [1.165, 1.54) is 0 Å². The third-order valence-corrected chi connectivity index (χ3v) is 4.77. The molecule has 2 fully saturated rings. The Labute approximate surface area is 118 Å². The summed E-state index contributed by atoms with van der Waals surface area (Å²) in [6.45, 7) is 2.03. The predicted octanol–water partition coefficient (Wildman–Crippen LogP) is 2.81. The van der Waals surface area contributed by atoms with Crippen LogP contribution < -0.4 is 4.90 Å². The largest absolute Gasteiger partial charge is 0.393 e. The van der Waals surface area contributed by atoms with E-state index in [1.54, 1.807) is 6.07 Å². The molecule has 0 bridgehead atoms. The van der Waals surface area contributed by atoms with Gasteiger partial charge in [-0.3, -0.25) is 0 Å².